The quantitative estimate of drug-likeness (QED) is 0.725. The summed E-state index contributed by atoms with van der Waals surface area (Å²) in [4.78, 5) is 11.3. The van der Waals surface area contributed by atoms with Gasteiger partial charge in [-0.2, -0.15) is 0 Å². The van der Waals surface area contributed by atoms with E-state index in [1.54, 1.807) is 12.1 Å². The standard InChI is InChI=1S/C21H22ClNO2/c1-11-8-13(21(24)25)9-12(2)19(11)20-16-5-3-4-15(16)17-10-14(22)6-7-18(17)23-20/h6-10,15-16,20,23H,3-5H2,1-2H3,(H,24,25)/t15-,16+,20+/m1/s1. The Morgan fingerprint density at radius 3 is 2.56 bits per heavy atom. The van der Waals surface area contributed by atoms with Crippen molar-refractivity contribution in [2.45, 2.75) is 45.1 Å². The predicted molar refractivity (Wildman–Crippen MR) is 101 cm³/mol. The van der Waals surface area contributed by atoms with Crippen LogP contribution in [0.1, 0.15) is 63.8 Å². The van der Waals surface area contributed by atoms with Gasteiger partial charge < -0.3 is 10.4 Å². The van der Waals surface area contributed by atoms with Gasteiger partial charge in [-0.3, -0.25) is 0 Å². The molecule has 1 aliphatic heterocycles. The molecule has 1 heterocycles. The highest BCUT2D eigenvalue weighted by Gasteiger charge is 2.41. The molecule has 4 rings (SSSR count). The number of rotatable bonds is 2. The van der Waals surface area contributed by atoms with E-state index in [1.165, 1.54) is 36.1 Å². The van der Waals surface area contributed by atoms with Crippen molar-refractivity contribution in [1.82, 2.24) is 0 Å². The van der Waals surface area contributed by atoms with E-state index in [-0.39, 0.29) is 6.04 Å². The van der Waals surface area contributed by atoms with Crippen molar-refractivity contribution in [3.8, 4) is 0 Å². The maximum absolute atomic E-state index is 11.3. The van der Waals surface area contributed by atoms with Crippen molar-refractivity contribution >= 4 is 23.3 Å². The second-order valence-electron chi connectivity index (χ2n) is 7.38. The Bertz CT molecular complexity index is 838. The van der Waals surface area contributed by atoms with Crippen LogP contribution in [0.25, 0.3) is 0 Å². The number of aryl methyl sites for hydroxylation is 2. The zero-order valence-corrected chi connectivity index (χ0v) is 15.2. The monoisotopic (exact) mass is 355 g/mol. The van der Waals surface area contributed by atoms with E-state index in [1.807, 2.05) is 19.9 Å². The molecule has 2 aromatic carbocycles. The van der Waals surface area contributed by atoms with Crippen LogP contribution in [-0.4, -0.2) is 11.1 Å². The molecule has 0 unspecified atom stereocenters. The van der Waals surface area contributed by atoms with Crippen LogP contribution in [-0.2, 0) is 0 Å². The third-order valence-corrected chi connectivity index (χ3v) is 6.11. The molecule has 1 saturated carbocycles. The number of aromatic carboxylic acids is 1. The SMILES string of the molecule is Cc1cc(C(=O)O)cc(C)c1[C@H]1Nc2ccc(Cl)cc2[C@@H]2CCC[C@H]12. The van der Waals surface area contributed by atoms with Crippen molar-refractivity contribution < 1.29 is 9.90 Å². The Hall–Kier alpha value is -2.00. The molecule has 0 amide bonds. The zero-order valence-electron chi connectivity index (χ0n) is 14.5. The molecule has 2 N–H and O–H groups in total. The first kappa shape index (κ1) is 16.5. The minimum Gasteiger partial charge on any atom is -0.478 e. The molecular formula is C21H22ClNO2. The summed E-state index contributed by atoms with van der Waals surface area (Å²) in [6.07, 6.45) is 3.61. The summed E-state index contributed by atoms with van der Waals surface area (Å²) < 4.78 is 0. The van der Waals surface area contributed by atoms with Gasteiger partial charge in [-0.25, -0.2) is 4.79 Å². The third-order valence-electron chi connectivity index (χ3n) is 5.87. The minimum atomic E-state index is -0.868. The number of halogens is 1. The van der Waals surface area contributed by atoms with E-state index >= 15 is 0 Å². The summed E-state index contributed by atoms with van der Waals surface area (Å²) in [7, 11) is 0. The van der Waals surface area contributed by atoms with Gasteiger partial charge in [0.15, 0.2) is 0 Å². The van der Waals surface area contributed by atoms with Gasteiger partial charge in [-0.1, -0.05) is 18.0 Å². The Labute approximate surface area is 153 Å². The molecule has 0 radical (unpaired) electrons. The largest absolute Gasteiger partial charge is 0.478 e. The van der Waals surface area contributed by atoms with Crippen molar-refractivity contribution in [3.05, 3.63) is 63.2 Å². The Kier molecular flexibility index (Phi) is 3.99. The van der Waals surface area contributed by atoms with Gasteiger partial charge in [0.1, 0.15) is 0 Å². The van der Waals surface area contributed by atoms with Gasteiger partial charge in [0.2, 0.25) is 0 Å². The van der Waals surface area contributed by atoms with Crippen molar-refractivity contribution in [3.63, 3.8) is 0 Å². The van der Waals surface area contributed by atoms with Crippen LogP contribution in [0, 0.1) is 19.8 Å². The number of anilines is 1. The summed E-state index contributed by atoms with van der Waals surface area (Å²) in [6.45, 7) is 4.05. The number of nitrogens with one attached hydrogen (secondary N) is 1. The fourth-order valence-electron chi connectivity index (χ4n) is 4.90. The molecular weight excluding hydrogens is 334 g/mol. The molecule has 0 saturated heterocycles. The van der Waals surface area contributed by atoms with Gasteiger partial charge >= 0.3 is 5.97 Å². The fourth-order valence-corrected chi connectivity index (χ4v) is 5.08. The van der Waals surface area contributed by atoms with Gasteiger partial charge in [-0.15, -0.1) is 0 Å². The average Bonchev–Trinajstić information content (AvgIpc) is 3.04. The summed E-state index contributed by atoms with van der Waals surface area (Å²) in [6, 6.07) is 9.95. The molecule has 0 spiro atoms. The molecule has 3 nitrogen and oxygen atoms in total. The molecule has 25 heavy (non-hydrogen) atoms. The Morgan fingerprint density at radius 2 is 1.88 bits per heavy atom. The fraction of sp³-hybridized carbons (Fsp3) is 0.381. The van der Waals surface area contributed by atoms with Crippen molar-refractivity contribution in [2.24, 2.45) is 5.92 Å². The summed E-state index contributed by atoms with van der Waals surface area (Å²) in [5.41, 5.74) is 6.23. The first-order valence-corrected chi connectivity index (χ1v) is 9.24. The normalized spacial score (nSPS) is 24.4. The van der Waals surface area contributed by atoms with Crippen molar-refractivity contribution in [2.75, 3.05) is 5.32 Å². The first-order valence-electron chi connectivity index (χ1n) is 8.86. The number of hydrogen-bond donors (Lipinski definition) is 2. The van der Waals surface area contributed by atoms with E-state index in [2.05, 4.69) is 17.4 Å². The number of benzene rings is 2. The minimum absolute atomic E-state index is 0.226. The summed E-state index contributed by atoms with van der Waals surface area (Å²) in [5, 5.41) is 13.8. The third kappa shape index (κ3) is 2.71. The smallest absolute Gasteiger partial charge is 0.335 e. The second-order valence-corrected chi connectivity index (χ2v) is 7.82. The van der Waals surface area contributed by atoms with Gasteiger partial charge in [0.25, 0.3) is 0 Å². The van der Waals surface area contributed by atoms with Crippen LogP contribution < -0.4 is 5.32 Å². The Morgan fingerprint density at radius 1 is 1.16 bits per heavy atom. The van der Waals surface area contributed by atoms with E-state index in [0.29, 0.717) is 17.4 Å². The Balaban J connectivity index is 1.81. The van der Waals surface area contributed by atoms with Crippen LogP contribution in [0.4, 0.5) is 5.69 Å². The first-order chi connectivity index (χ1) is 12.0. The number of hydrogen-bond acceptors (Lipinski definition) is 2. The van der Waals surface area contributed by atoms with E-state index in [4.69, 9.17) is 11.6 Å². The molecule has 4 heteroatoms. The molecule has 3 atom stereocenters. The lowest BCUT2D eigenvalue weighted by molar-refractivity contribution is 0.0696. The van der Waals surface area contributed by atoms with Crippen LogP contribution in [0.2, 0.25) is 5.02 Å². The van der Waals surface area contributed by atoms with Crippen LogP contribution in [0.15, 0.2) is 30.3 Å². The van der Waals surface area contributed by atoms with Crippen LogP contribution >= 0.6 is 11.6 Å². The van der Waals surface area contributed by atoms with Crippen LogP contribution in [0.5, 0.6) is 0 Å². The van der Waals surface area contributed by atoms with Crippen molar-refractivity contribution in [1.29, 1.82) is 0 Å². The maximum atomic E-state index is 11.3. The number of fused-ring (bicyclic) bond motifs is 3. The number of carboxylic acids is 1. The number of carbonyl (C=O) groups is 1. The maximum Gasteiger partial charge on any atom is 0.335 e. The van der Waals surface area contributed by atoms with Crippen LogP contribution in [0.3, 0.4) is 0 Å². The predicted octanol–water partition coefficient (Wildman–Crippen LogP) is 5.71. The lowest BCUT2D eigenvalue weighted by atomic mass is 9.75. The highest BCUT2D eigenvalue weighted by molar-refractivity contribution is 6.30. The molecule has 2 aliphatic rings. The molecule has 0 aromatic heterocycles. The molecule has 1 aliphatic carbocycles. The number of carboxylic acid groups (broad SMARTS) is 1. The highest BCUT2D eigenvalue weighted by atomic mass is 35.5. The topological polar surface area (TPSA) is 49.3 Å². The van der Waals surface area contributed by atoms with Gasteiger partial charge in [-0.05, 0) is 91.1 Å². The lowest BCUT2D eigenvalue weighted by Crippen LogP contribution is -2.30. The zero-order chi connectivity index (χ0) is 17.7. The summed E-state index contributed by atoms with van der Waals surface area (Å²) >= 11 is 6.23. The second kappa shape index (κ2) is 6.06. The molecule has 2 aromatic rings. The molecule has 130 valence electrons. The highest BCUT2D eigenvalue weighted by Crippen LogP contribution is 2.53. The van der Waals surface area contributed by atoms with Gasteiger partial charge in [0.05, 0.1) is 11.6 Å². The lowest BCUT2D eigenvalue weighted by Gasteiger charge is -2.39. The average molecular weight is 356 g/mol. The molecule has 1 fully saturated rings. The van der Waals surface area contributed by atoms with E-state index in [0.717, 1.165) is 16.1 Å². The molecule has 0 bridgehead atoms. The van der Waals surface area contributed by atoms with Gasteiger partial charge in [0, 0.05) is 10.7 Å². The summed E-state index contributed by atoms with van der Waals surface area (Å²) in [5.74, 6) is 0.185. The van der Waals surface area contributed by atoms with E-state index in [9.17, 15) is 9.90 Å². The van der Waals surface area contributed by atoms with E-state index < -0.39 is 5.97 Å².